The maximum absolute atomic E-state index is 13.9. The van der Waals surface area contributed by atoms with Gasteiger partial charge in [0.15, 0.2) is 11.5 Å². The van der Waals surface area contributed by atoms with Crippen molar-refractivity contribution in [3.05, 3.63) is 71.3 Å². The molecule has 3 amide bonds. The van der Waals surface area contributed by atoms with E-state index in [0.717, 1.165) is 17.5 Å². The maximum atomic E-state index is 13.9. The molecule has 1 saturated heterocycles. The van der Waals surface area contributed by atoms with Crippen molar-refractivity contribution < 1.29 is 41.7 Å². The first-order chi connectivity index (χ1) is 22.1. The number of methoxy groups -OCH3 is 1. The van der Waals surface area contributed by atoms with E-state index in [9.17, 15) is 18.0 Å². The molecule has 2 heterocycles. The van der Waals surface area contributed by atoms with Crippen molar-refractivity contribution in [1.29, 1.82) is 0 Å². The Morgan fingerprint density at radius 2 is 1.70 bits per heavy atom. The second kappa shape index (κ2) is 14.3. The molecular weight excluding hydrogens is 614 g/mol. The fraction of sp³-hybridized carbons (Fsp3) is 0.394. The smallest absolute Gasteiger partial charge is 0.321 e. The summed E-state index contributed by atoms with van der Waals surface area (Å²) in [5.41, 5.74) is 2.54. The van der Waals surface area contributed by atoms with Crippen molar-refractivity contribution in [3.8, 4) is 23.0 Å². The number of aryl methyl sites for hydroxylation is 1. The molecule has 5 rings (SSSR count). The number of amides is 3. The molecule has 1 atom stereocenters. The van der Waals surface area contributed by atoms with Crippen LogP contribution in [0.1, 0.15) is 55.9 Å². The van der Waals surface area contributed by atoms with Crippen molar-refractivity contribution in [2.24, 2.45) is 0 Å². The standard InChI is InChI=1S/C33H39N3O9S/c1-5-6-23-17-25(34-33(38)36-13-15-42-16-14-36)9-12-27(23)45-30(24-18-28(41-4)31-29(19-24)43-20-44-31)32(37)35-46(39,40)26-10-7-22(8-11-26)21(2)3/h7-12,17-19,21,30H,5-6,13-16,20H2,1-4H3,(H,34,38)(H,35,37). The number of fused-ring (bicyclic) bond motifs is 1. The average molecular weight is 654 g/mol. The number of benzene rings is 3. The molecule has 12 nitrogen and oxygen atoms in total. The molecule has 246 valence electrons. The molecule has 2 aliphatic heterocycles. The highest BCUT2D eigenvalue weighted by Gasteiger charge is 2.32. The van der Waals surface area contributed by atoms with Gasteiger partial charge in [0.25, 0.3) is 15.9 Å². The molecule has 0 bridgehead atoms. The van der Waals surface area contributed by atoms with Gasteiger partial charge in [-0.15, -0.1) is 0 Å². The Hall–Kier alpha value is -4.49. The number of carbonyl (C=O) groups is 2. The molecule has 1 fully saturated rings. The van der Waals surface area contributed by atoms with Gasteiger partial charge in [-0.05, 0) is 65.9 Å². The molecule has 0 aromatic heterocycles. The van der Waals surface area contributed by atoms with Crippen LogP contribution in [-0.2, 0) is 26.0 Å². The van der Waals surface area contributed by atoms with E-state index in [1.54, 1.807) is 47.4 Å². The molecule has 0 saturated carbocycles. The Labute approximate surface area is 269 Å². The number of nitrogens with zero attached hydrogens (tertiary/aromatic N) is 1. The third-order valence-electron chi connectivity index (χ3n) is 7.69. The van der Waals surface area contributed by atoms with Gasteiger partial charge in [-0.25, -0.2) is 17.9 Å². The summed E-state index contributed by atoms with van der Waals surface area (Å²) in [6.07, 6.45) is -0.125. The third kappa shape index (κ3) is 7.48. The van der Waals surface area contributed by atoms with Crippen LogP contribution in [-0.4, -0.2) is 65.5 Å². The molecule has 46 heavy (non-hydrogen) atoms. The number of hydrogen-bond acceptors (Lipinski definition) is 9. The molecule has 13 heteroatoms. The molecule has 0 spiro atoms. The van der Waals surface area contributed by atoms with Crippen molar-refractivity contribution in [2.45, 2.75) is 50.5 Å². The monoisotopic (exact) mass is 653 g/mol. The van der Waals surface area contributed by atoms with Gasteiger partial charge in [-0.1, -0.05) is 39.3 Å². The van der Waals surface area contributed by atoms with Gasteiger partial charge < -0.3 is 33.9 Å². The molecule has 3 aromatic carbocycles. The summed E-state index contributed by atoms with van der Waals surface area (Å²) < 4.78 is 57.2. The Kier molecular flexibility index (Phi) is 10.2. The second-order valence-corrected chi connectivity index (χ2v) is 12.9. The van der Waals surface area contributed by atoms with Gasteiger partial charge in [0, 0.05) is 24.3 Å². The van der Waals surface area contributed by atoms with Crippen molar-refractivity contribution in [1.82, 2.24) is 9.62 Å². The molecule has 0 aliphatic carbocycles. The molecule has 2 N–H and O–H groups in total. The summed E-state index contributed by atoms with van der Waals surface area (Å²) in [4.78, 5) is 28.3. The van der Waals surface area contributed by atoms with Crippen LogP contribution in [0.3, 0.4) is 0 Å². The molecular formula is C33H39N3O9S. The van der Waals surface area contributed by atoms with E-state index in [-0.39, 0.29) is 29.2 Å². The predicted molar refractivity (Wildman–Crippen MR) is 170 cm³/mol. The van der Waals surface area contributed by atoms with Gasteiger partial charge in [0.1, 0.15) is 5.75 Å². The van der Waals surface area contributed by atoms with E-state index in [1.807, 2.05) is 20.8 Å². The minimum absolute atomic E-state index is 0.0358. The van der Waals surface area contributed by atoms with Gasteiger partial charge in [-0.3, -0.25) is 4.79 Å². The Bertz CT molecular complexity index is 1670. The van der Waals surface area contributed by atoms with Crippen LogP contribution in [0.5, 0.6) is 23.0 Å². The zero-order chi connectivity index (χ0) is 32.8. The Morgan fingerprint density at radius 1 is 0.957 bits per heavy atom. The van der Waals surface area contributed by atoms with Crippen molar-refractivity contribution in [3.63, 3.8) is 0 Å². The minimum Gasteiger partial charge on any atom is -0.493 e. The first kappa shape index (κ1) is 32.9. The van der Waals surface area contributed by atoms with E-state index in [2.05, 4.69) is 10.0 Å². The highest BCUT2D eigenvalue weighted by molar-refractivity contribution is 7.90. The van der Waals surface area contributed by atoms with Gasteiger partial charge >= 0.3 is 6.03 Å². The first-order valence-electron chi connectivity index (χ1n) is 15.2. The van der Waals surface area contributed by atoms with Crippen LogP contribution in [0, 0.1) is 0 Å². The first-order valence-corrected chi connectivity index (χ1v) is 16.6. The molecule has 3 aromatic rings. The summed E-state index contributed by atoms with van der Waals surface area (Å²) in [5, 5.41) is 2.92. The molecule has 1 unspecified atom stereocenters. The third-order valence-corrected chi connectivity index (χ3v) is 9.05. The van der Waals surface area contributed by atoms with Crippen LogP contribution in [0.15, 0.2) is 59.5 Å². The lowest BCUT2D eigenvalue weighted by atomic mass is 10.0. The predicted octanol–water partition coefficient (Wildman–Crippen LogP) is 4.99. The quantitative estimate of drug-likeness (QED) is 0.293. The summed E-state index contributed by atoms with van der Waals surface area (Å²) in [6.45, 7) is 7.92. The average Bonchev–Trinajstić information content (AvgIpc) is 3.53. The normalized spacial score (nSPS) is 14.9. The number of urea groups is 1. The number of sulfonamides is 1. The van der Waals surface area contributed by atoms with Crippen LogP contribution in [0.4, 0.5) is 10.5 Å². The molecule has 2 aliphatic rings. The minimum atomic E-state index is -4.25. The topological polar surface area (TPSA) is 142 Å². The zero-order valence-corrected chi connectivity index (χ0v) is 27.1. The van der Waals surface area contributed by atoms with Gasteiger partial charge in [0.05, 0.1) is 25.2 Å². The number of ether oxygens (including phenoxy) is 5. The fourth-order valence-electron chi connectivity index (χ4n) is 5.18. The lowest BCUT2D eigenvalue weighted by Crippen LogP contribution is -2.43. The van der Waals surface area contributed by atoms with Crippen molar-refractivity contribution in [2.75, 3.05) is 45.5 Å². The number of anilines is 1. The van der Waals surface area contributed by atoms with E-state index in [0.29, 0.717) is 61.4 Å². The van der Waals surface area contributed by atoms with Crippen LogP contribution in [0.25, 0.3) is 0 Å². The zero-order valence-electron chi connectivity index (χ0n) is 26.3. The van der Waals surface area contributed by atoms with Gasteiger partial charge in [0.2, 0.25) is 18.6 Å². The van der Waals surface area contributed by atoms with E-state index >= 15 is 0 Å². The van der Waals surface area contributed by atoms with Gasteiger partial charge in [-0.2, -0.15) is 0 Å². The maximum Gasteiger partial charge on any atom is 0.321 e. The second-order valence-electron chi connectivity index (χ2n) is 11.3. The highest BCUT2D eigenvalue weighted by Crippen LogP contribution is 2.44. The van der Waals surface area contributed by atoms with E-state index in [1.165, 1.54) is 19.2 Å². The van der Waals surface area contributed by atoms with E-state index in [4.69, 9.17) is 23.7 Å². The largest absolute Gasteiger partial charge is 0.493 e. The Balaban J connectivity index is 1.46. The Morgan fingerprint density at radius 3 is 2.37 bits per heavy atom. The number of rotatable bonds is 11. The summed E-state index contributed by atoms with van der Waals surface area (Å²) in [6, 6.07) is 14.4. The van der Waals surface area contributed by atoms with E-state index < -0.39 is 22.0 Å². The number of morpholine rings is 1. The number of hydrogen-bond donors (Lipinski definition) is 2. The fourth-order valence-corrected chi connectivity index (χ4v) is 6.17. The molecule has 0 radical (unpaired) electrons. The van der Waals surface area contributed by atoms with Crippen molar-refractivity contribution >= 4 is 27.6 Å². The lowest BCUT2D eigenvalue weighted by Gasteiger charge is -2.27. The summed E-state index contributed by atoms with van der Waals surface area (Å²) in [7, 11) is -2.80. The summed E-state index contributed by atoms with van der Waals surface area (Å²) in [5.74, 6) is 0.644. The number of nitrogens with one attached hydrogen (secondary N) is 2. The lowest BCUT2D eigenvalue weighted by molar-refractivity contribution is -0.126. The summed E-state index contributed by atoms with van der Waals surface area (Å²) >= 11 is 0. The van der Waals surface area contributed by atoms with Crippen LogP contribution >= 0.6 is 0 Å². The SMILES string of the molecule is CCCc1cc(NC(=O)N2CCOCC2)ccc1OC(C(=O)NS(=O)(=O)c1ccc(C(C)C)cc1)c1cc(OC)c2c(c1)OCO2. The number of carbonyl (C=O) groups excluding carboxylic acids is 2. The van der Waals surface area contributed by atoms with Crippen LogP contribution in [0.2, 0.25) is 0 Å². The van der Waals surface area contributed by atoms with Crippen LogP contribution < -0.4 is 29.0 Å². The highest BCUT2D eigenvalue weighted by atomic mass is 32.2.